The van der Waals surface area contributed by atoms with Gasteiger partial charge in [0.15, 0.2) is 11.5 Å². The van der Waals surface area contributed by atoms with E-state index in [1.807, 2.05) is 36.4 Å². The van der Waals surface area contributed by atoms with Crippen molar-refractivity contribution < 1.29 is 14.3 Å². The lowest BCUT2D eigenvalue weighted by Crippen LogP contribution is -2.10. The molecule has 0 bridgehead atoms. The van der Waals surface area contributed by atoms with E-state index in [0.29, 0.717) is 11.5 Å². The van der Waals surface area contributed by atoms with Gasteiger partial charge in [0.05, 0.1) is 18.7 Å². The van der Waals surface area contributed by atoms with Crippen LogP contribution in [0.1, 0.15) is 18.4 Å². The molecule has 1 aliphatic carbocycles. The summed E-state index contributed by atoms with van der Waals surface area (Å²) in [5.74, 6) is 0.867. The van der Waals surface area contributed by atoms with Crippen LogP contribution in [-0.4, -0.2) is 19.3 Å². The lowest BCUT2D eigenvalue weighted by molar-refractivity contribution is -0.135. The zero-order valence-electron chi connectivity index (χ0n) is 12.7. The third kappa shape index (κ3) is 4.31. The van der Waals surface area contributed by atoms with Gasteiger partial charge in [-0.1, -0.05) is 6.07 Å². The van der Waals surface area contributed by atoms with Gasteiger partial charge < -0.3 is 9.47 Å². The zero-order valence-corrected chi connectivity index (χ0v) is 14.8. The van der Waals surface area contributed by atoms with Crippen molar-refractivity contribution in [2.75, 3.05) is 7.11 Å². The predicted octanol–water partition coefficient (Wildman–Crippen LogP) is 4.37. The Labute approximate surface area is 148 Å². The van der Waals surface area contributed by atoms with E-state index in [2.05, 4.69) is 27.6 Å². The zero-order chi connectivity index (χ0) is 16.2. The Morgan fingerprint density at radius 3 is 2.74 bits per heavy atom. The van der Waals surface area contributed by atoms with Gasteiger partial charge in [0, 0.05) is 9.78 Å². The molecule has 0 aromatic heterocycles. The normalized spacial score (nSPS) is 14.0. The summed E-state index contributed by atoms with van der Waals surface area (Å²) in [5, 5.41) is 0. The summed E-state index contributed by atoms with van der Waals surface area (Å²) in [6, 6.07) is 13.3. The van der Waals surface area contributed by atoms with Gasteiger partial charge in [-0.25, -0.2) is 0 Å². The maximum absolute atomic E-state index is 11.8. The highest BCUT2D eigenvalue weighted by Crippen LogP contribution is 2.34. The fourth-order valence-electron chi connectivity index (χ4n) is 2.07. The number of carbonyl (C=O) groups excluding carboxylic acids is 1. The molecular weight excluding hydrogens is 405 g/mol. The molecule has 2 aromatic carbocycles. The Bertz CT molecular complexity index is 754. The monoisotopic (exact) mass is 421 g/mol. The average molecular weight is 421 g/mol. The van der Waals surface area contributed by atoms with Gasteiger partial charge in [0.2, 0.25) is 0 Å². The number of hydrogen-bond donors (Lipinski definition) is 0. The van der Waals surface area contributed by atoms with E-state index in [4.69, 9.17) is 9.47 Å². The number of rotatable bonds is 5. The maximum atomic E-state index is 11.8. The Morgan fingerprint density at radius 2 is 2.04 bits per heavy atom. The molecule has 2 aromatic rings. The van der Waals surface area contributed by atoms with Crippen LogP contribution in [0.25, 0.3) is 0 Å². The van der Waals surface area contributed by atoms with Crippen LogP contribution in [0.2, 0.25) is 0 Å². The van der Waals surface area contributed by atoms with Crippen molar-refractivity contribution in [1.29, 1.82) is 0 Å². The van der Waals surface area contributed by atoms with Crippen molar-refractivity contribution in [3.8, 4) is 11.5 Å². The number of methoxy groups -OCH3 is 1. The Morgan fingerprint density at radius 1 is 1.22 bits per heavy atom. The minimum absolute atomic E-state index is 0.0569. The van der Waals surface area contributed by atoms with Gasteiger partial charge in [-0.3, -0.25) is 9.79 Å². The molecular formula is C18H16INO3. The van der Waals surface area contributed by atoms with Crippen molar-refractivity contribution in [2.45, 2.75) is 12.8 Å². The highest BCUT2D eigenvalue weighted by molar-refractivity contribution is 14.1. The summed E-state index contributed by atoms with van der Waals surface area (Å²) in [6.07, 6.45) is 3.60. The second-order valence-corrected chi connectivity index (χ2v) is 6.59. The van der Waals surface area contributed by atoms with E-state index in [0.717, 1.165) is 27.7 Å². The third-order valence-electron chi connectivity index (χ3n) is 3.48. The van der Waals surface area contributed by atoms with Crippen LogP contribution in [0, 0.1) is 9.49 Å². The van der Waals surface area contributed by atoms with Crippen molar-refractivity contribution >= 4 is 40.5 Å². The van der Waals surface area contributed by atoms with Gasteiger partial charge in [-0.2, -0.15) is 0 Å². The summed E-state index contributed by atoms with van der Waals surface area (Å²) in [5.41, 5.74) is 1.77. The number of nitrogens with zero attached hydrogens (tertiary/aromatic N) is 1. The Kier molecular flexibility index (Phi) is 4.95. The van der Waals surface area contributed by atoms with E-state index in [-0.39, 0.29) is 11.9 Å². The number of halogens is 1. The van der Waals surface area contributed by atoms with Gasteiger partial charge in [0.1, 0.15) is 0 Å². The van der Waals surface area contributed by atoms with Gasteiger partial charge >= 0.3 is 5.97 Å². The predicted molar refractivity (Wildman–Crippen MR) is 97.8 cm³/mol. The van der Waals surface area contributed by atoms with Crippen LogP contribution >= 0.6 is 22.6 Å². The number of carbonyl (C=O) groups is 1. The van der Waals surface area contributed by atoms with Gasteiger partial charge in [-0.05, 0) is 77.4 Å². The molecule has 23 heavy (non-hydrogen) atoms. The van der Waals surface area contributed by atoms with E-state index in [1.54, 1.807) is 19.4 Å². The fraction of sp³-hybridized carbons (Fsp3) is 0.222. The lowest BCUT2D eigenvalue weighted by atomic mass is 10.2. The van der Waals surface area contributed by atoms with E-state index in [1.165, 1.54) is 0 Å². The van der Waals surface area contributed by atoms with Gasteiger partial charge in [0.25, 0.3) is 0 Å². The molecule has 1 fully saturated rings. The molecule has 0 N–H and O–H groups in total. The molecule has 118 valence electrons. The SMILES string of the molecule is COc1cc(C=Nc2cccc(I)c2)ccc1OC(=O)C1CC1. The smallest absolute Gasteiger partial charge is 0.314 e. The molecule has 0 atom stereocenters. The number of esters is 1. The first-order chi connectivity index (χ1) is 11.2. The molecule has 4 nitrogen and oxygen atoms in total. The van der Waals surface area contributed by atoms with Crippen molar-refractivity contribution in [3.63, 3.8) is 0 Å². The molecule has 1 aliphatic rings. The molecule has 5 heteroatoms. The largest absolute Gasteiger partial charge is 0.493 e. The van der Waals surface area contributed by atoms with E-state index in [9.17, 15) is 4.79 Å². The summed E-state index contributed by atoms with van der Waals surface area (Å²) >= 11 is 2.25. The van der Waals surface area contributed by atoms with Crippen LogP contribution in [-0.2, 0) is 4.79 Å². The van der Waals surface area contributed by atoms with Crippen LogP contribution < -0.4 is 9.47 Å². The van der Waals surface area contributed by atoms with Crippen LogP contribution in [0.15, 0.2) is 47.5 Å². The summed E-state index contributed by atoms with van der Waals surface area (Å²) in [6.45, 7) is 0. The average Bonchev–Trinajstić information content (AvgIpc) is 3.39. The second kappa shape index (κ2) is 7.12. The first-order valence-electron chi connectivity index (χ1n) is 7.35. The first kappa shape index (κ1) is 16.0. The maximum Gasteiger partial charge on any atom is 0.314 e. The quantitative estimate of drug-likeness (QED) is 0.312. The van der Waals surface area contributed by atoms with E-state index < -0.39 is 0 Å². The molecule has 1 saturated carbocycles. The second-order valence-electron chi connectivity index (χ2n) is 5.34. The molecule has 3 rings (SSSR count). The molecule has 0 aliphatic heterocycles. The highest BCUT2D eigenvalue weighted by atomic mass is 127. The Balaban J connectivity index is 1.76. The summed E-state index contributed by atoms with van der Waals surface area (Å²) in [7, 11) is 1.56. The standard InChI is InChI=1S/C18H16INO3/c1-22-17-9-12(11-20-15-4-2-3-14(19)10-15)5-8-16(17)23-18(21)13-6-7-13/h2-5,8-11,13H,6-7H2,1H3. The van der Waals surface area contributed by atoms with Crippen molar-refractivity contribution in [1.82, 2.24) is 0 Å². The number of ether oxygens (including phenoxy) is 2. The number of aliphatic imine (C=N–C) groups is 1. The minimum Gasteiger partial charge on any atom is -0.493 e. The minimum atomic E-state index is -0.177. The molecule has 0 heterocycles. The highest BCUT2D eigenvalue weighted by Gasteiger charge is 2.32. The molecule has 0 amide bonds. The fourth-order valence-corrected chi connectivity index (χ4v) is 2.59. The number of benzene rings is 2. The summed E-state index contributed by atoms with van der Waals surface area (Å²) in [4.78, 5) is 16.2. The molecule has 0 spiro atoms. The van der Waals surface area contributed by atoms with E-state index >= 15 is 0 Å². The summed E-state index contributed by atoms with van der Waals surface area (Å²) < 4.78 is 11.8. The molecule has 0 saturated heterocycles. The van der Waals surface area contributed by atoms with Crippen molar-refractivity contribution in [3.05, 3.63) is 51.6 Å². The van der Waals surface area contributed by atoms with Crippen LogP contribution in [0.3, 0.4) is 0 Å². The third-order valence-corrected chi connectivity index (χ3v) is 4.15. The molecule has 0 unspecified atom stereocenters. The van der Waals surface area contributed by atoms with Crippen LogP contribution in [0.4, 0.5) is 5.69 Å². The topological polar surface area (TPSA) is 47.9 Å². The first-order valence-corrected chi connectivity index (χ1v) is 8.43. The van der Waals surface area contributed by atoms with Crippen molar-refractivity contribution in [2.24, 2.45) is 10.9 Å². The molecule has 0 radical (unpaired) electrons. The lowest BCUT2D eigenvalue weighted by Gasteiger charge is -2.09. The Hall–Kier alpha value is -1.89. The number of hydrogen-bond acceptors (Lipinski definition) is 4. The van der Waals surface area contributed by atoms with Crippen LogP contribution in [0.5, 0.6) is 11.5 Å². The van der Waals surface area contributed by atoms with Gasteiger partial charge in [-0.15, -0.1) is 0 Å².